The van der Waals surface area contributed by atoms with Crippen LogP contribution in [0.2, 0.25) is 0 Å². The van der Waals surface area contributed by atoms with Crippen molar-refractivity contribution >= 4 is 11.6 Å². The van der Waals surface area contributed by atoms with Gasteiger partial charge in [0.05, 0.1) is 11.9 Å². The van der Waals surface area contributed by atoms with Crippen molar-refractivity contribution in [1.82, 2.24) is 14.7 Å². The maximum atomic E-state index is 13.8. The number of nitrogens with one attached hydrogen (secondary N) is 1. The molecule has 128 valence electrons. The number of aromatic nitrogens is 2. The fourth-order valence-electron chi connectivity index (χ4n) is 2.90. The molecule has 2 heterocycles. The minimum atomic E-state index is -0.623. The number of halogens is 2. The van der Waals surface area contributed by atoms with Gasteiger partial charge in [-0.3, -0.25) is 9.48 Å². The molecule has 1 unspecified atom stereocenters. The summed E-state index contributed by atoms with van der Waals surface area (Å²) in [6.07, 6.45) is 5.09. The minimum Gasteiger partial charge on any atom is -0.371 e. The smallest absolute Gasteiger partial charge is 0.245 e. The Balaban J connectivity index is 1.68. The van der Waals surface area contributed by atoms with Crippen LogP contribution in [0.3, 0.4) is 0 Å². The third-order valence-electron chi connectivity index (χ3n) is 4.21. The monoisotopic (exact) mass is 334 g/mol. The average Bonchev–Trinajstić information content (AvgIpc) is 3.01. The highest BCUT2D eigenvalue weighted by Crippen LogP contribution is 2.20. The molecule has 0 spiro atoms. The van der Waals surface area contributed by atoms with Gasteiger partial charge in [0, 0.05) is 37.5 Å². The second-order valence-corrected chi connectivity index (χ2v) is 5.92. The number of likely N-dealkylation sites (tertiary alicyclic amines) is 1. The van der Waals surface area contributed by atoms with E-state index in [1.54, 1.807) is 15.8 Å². The molecule has 0 bridgehead atoms. The Kier molecular flexibility index (Phi) is 4.78. The van der Waals surface area contributed by atoms with Crippen molar-refractivity contribution < 1.29 is 13.6 Å². The highest BCUT2D eigenvalue weighted by Gasteiger charge is 2.29. The Morgan fingerprint density at radius 1 is 1.38 bits per heavy atom. The van der Waals surface area contributed by atoms with Gasteiger partial charge in [-0.2, -0.15) is 5.10 Å². The molecule has 0 aliphatic carbocycles. The van der Waals surface area contributed by atoms with Gasteiger partial charge in [-0.05, 0) is 25.8 Å². The van der Waals surface area contributed by atoms with Crippen molar-refractivity contribution in [3.05, 3.63) is 47.8 Å². The maximum Gasteiger partial charge on any atom is 0.245 e. The number of carbonyl (C=O) groups is 1. The van der Waals surface area contributed by atoms with Gasteiger partial charge in [-0.1, -0.05) is 6.07 Å². The van der Waals surface area contributed by atoms with Gasteiger partial charge >= 0.3 is 0 Å². The van der Waals surface area contributed by atoms with Gasteiger partial charge < -0.3 is 10.2 Å². The predicted octanol–water partition coefficient (Wildman–Crippen LogP) is 2.78. The number of nitrogens with zero attached hydrogens (tertiary/aromatic N) is 3. The Hall–Kier alpha value is -2.44. The first-order valence-corrected chi connectivity index (χ1v) is 8.08. The molecule has 1 atom stereocenters. The molecule has 1 saturated heterocycles. The van der Waals surface area contributed by atoms with Crippen LogP contribution in [0.5, 0.6) is 0 Å². The predicted molar refractivity (Wildman–Crippen MR) is 86.3 cm³/mol. The number of anilines is 1. The summed E-state index contributed by atoms with van der Waals surface area (Å²) in [4.78, 5) is 14.2. The maximum absolute atomic E-state index is 13.8. The van der Waals surface area contributed by atoms with Crippen LogP contribution in [0, 0.1) is 11.6 Å². The quantitative estimate of drug-likeness (QED) is 0.915. The highest BCUT2D eigenvalue weighted by molar-refractivity contribution is 5.85. The summed E-state index contributed by atoms with van der Waals surface area (Å²) >= 11 is 0. The van der Waals surface area contributed by atoms with Gasteiger partial charge in [0.25, 0.3) is 0 Å². The SMILES string of the molecule is CCn1cc(NC2CCCN(Cc3ccc(F)cc3F)C2=O)cn1. The van der Waals surface area contributed by atoms with E-state index >= 15 is 0 Å². The molecular formula is C17H20F2N4O. The third kappa shape index (κ3) is 3.55. The lowest BCUT2D eigenvalue weighted by molar-refractivity contribution is -0.134. The Bertz CT molecular complexity index is 731. The molecule has 2 aromatic rings. The van der Waals surface area contributed by atoms with Crippen LogP contribution in [0.1, 0.15) is 25.3 Å². The number of rotatable bonds is 5. The molecule has 3 rings (SSSR count). The lowest BCUT2D eigenvalue weighted by Crippen LogP contribution is -2.47. The van der Waals surface area contributed by atoms with E-state index in [-0.39, 0.29) is 18.5 Å². The number of piperidine rings is 1. The van der Waals surface area contributed by atoms with E-state index < -0.39 is 11.6 Å². The van der Waals surface area contributed by atoms with Crippen LogP contribution in [0.4, 0.5) is 14.5 Å². The zero-order valence-electron chi connectivity index (χ0n) is 13.5. The van der Waals surface area contributed by atoms with E-state index in [1.165, 1.54) is 12.1 Å². The van der Waals surface area contributed by atoms with Crippen LogP contribution in [-0.2, 0) is 17.9 Å². The number of amides is 1. The molecule has 1 aromatic carbocycles. The van der Waals surface area contributed by atoms with Crippen molar-refractivity contribution in [3.63, 3.8) is 0 Å². The zero-order valence-corrected chi connectivity index (χ0v) is 13.5. The lowest BCUT2D eigenvalue weighted by Gasteiger charge is -2.33. The summed E-state index contributed by atoms with van der Waals surface area (Å²) in [6.45, 7) is 3.47. The number of benzene rings is 1. The topological polar surface area (TPSA) is 50.2 Å². The van der Waals surface area contributed by atoms with Crippen molar-refractivity contribution in [2.24, 2.45) is 0 Å². The number of aryl methyl sites for hydroxylation is 1. The third-order valence-corrected chi connectivity index (χ3v) is 4.21. The molecule has 1 aliphatic rings. The van der Waals surface area contributed by atoms with Crippen LogP contribution in [0.15, 0.2) is 30.6 Å². The standard InChI is InChI=1S/C17H20F2N4O/c1-2-23-11-14(9-20-23)21-16-4-3-7-22(17(16)24)10-12-5-6-13(18)8-15(12)19/h5-6,8-9,11,16,21H,2-4,7,10H2,1H3. The molecular weight excluding hydrogens is 314 g/mol. The first-order valence-electron chi connectivity index (χ1n) is 8.08. The summed E-state index contributed by atoms with van der Waals surface area (Å²) in [5.74, 6) is -1.31. The van der Waals surface area contributed by atoms with Crippen LogP contribution < -0.4 is 5.32 Å². The summed E-state index contributed by atoms with van der Waals surface area (Å²) < 4.78 is 28.6. The van der Waals surface area contributed by atoms with Gasteiger partial charge in [0.2, 0.25) is 5.91 Å². The van der Waals surface area contributed by atoms with Gasteiger partial charge in [-0.25, -0.2) is 8.78 Å². The summed E-state index contributed by atoms with van der Waals surface area (Å²) in [7, 11) is 0. The summed E-state index contributed by atoms with van der Waals surface area (Å²) in [6, 6.07) is 3.09. The molecule has 1 N–H and O–H groups in total. The van der Waals surface area contributed by atoms with Crippen LogP contribution in [-0.4, -0.2) is 33.2 Å². The van der Waals surface area contributed by atoms with Crippen molar-refractivity contribution in [2.75, 3.05) is 11.9 Å². The van der Waals surface area contributed by atoms with Crippen LogP contribution >= 0.6 is 0 Å². The largest absolute Gasteiger partial charge is 0.371 e. The Morgan fingerprint density at radius 2 is 2.21 bits per heavy atom. The van der Waals surface area contributed by atoms with Crippen molar-refractivity contribution in [3.8, 4) is 0 Å². The van der Waals surface area contributed by atoms with Crippen molar-refractivity contribution in [1.29, 1.82) is 0 Å². The molecule has 0 saturated carbocycles. The lowest BCUT2D eigenvalue weighted by atomic mass is 10.0. The molecule has 7 heteroatoms. The van der Waals surface area contributed by atoms with Gasteiger partial charge in [-0.15, -0.1) is 0 Å². The Labute approximate surface area is 139 Å². The van der Waals surface area contributed by atoms with E-state index in [9.17, 15) is 13.6 Å². The number of carbonyl (C=O) groups excluding carboxylic acids is 1. The normalized spacial score (nSPS) is 18.0. The van der Waals surface area contributed by atoms with E-state index in [4.69, 9.17) is 0 Å². The zero-order chi connectivity index (χ0) is 17.1. The van der Waals surface area contributed by atoms with Gasteiger partial charge in [0.1, 0.15) is 17.7 Å². The second-order valence-electron chi connectivity index (χ2n) is 5.92. The molecule has 1 fully saturated rings. The van der Waals surface area contributed by atoms with E-state index in [1.807, 2.05) is 13.1 Å². The van der Waals surface area contributed by atoms with Gasteiger partial charge in [0.15, 0.2) is 0 Å². The molecule has 5 nitrogen and oxygen atoms in total. The molecule has 1 aliphatic heterocycles. The highest BCUT2D eigenvalue weighted by atomic mass is 19.1. The number of hydrogen-bond acceptors (Lipinski definition) is 3. The fourth-order valence-corrected chi connectivity index (χ4v) is 2.90. The van der Waals surface area contributed by atoms with E-state index in [0.29, 0.717) is 12.1 Å². The second kappa shape index (κ2) is 6.98. The summed E-state index contributed by atoms with van der Waals surface area (Å²) in [5, 5.41) is 7.37. The first-order chi connectivity index (χ1) is 11.6. The molecule has 1 aromatic heterocycles. The average molecular weight is 334 g/mol. The van der Waals surface area contributed by atoms with E-state index in [0.717, 1.165) is 31.1 Å². The minimum absolute atomic E-state index is 0.0748. The Morgan fingerprint density at radius 3 is 2.92 bits per heavy atom. The first kappa shape index (κ1) is 16.4. The summed E-state index contributed by atoms with van der Waals surface area (Å²) in [5.41, 5.74) is 1.12. The number of hydrogen-bond donors (Lipinski definition) is 1. The molecule has 24 heavy (non-hydrogen) atoms. The fraction of sp³-hybridized carbons (Fsp3) is 0.412. The van der Waals surface area contributed by atoms with Crippen LogP contribution in [0.25, 0.3) is 0 Å². The molecule has 0 radical (unpaired) electrons. The molecule has 1 amide bonds. The van der Waals surface area contributed by atoms with E-state index in [2.05, 4.69) is 10.4 Å². The van der Waals surface area contributed by atoms with Crippen molar-refractivity contribution in [2.45, 2.75) is 38.9 Å².